The van der Waals surface area contributed by atoms with Gasteiger partial charge in [-0.1, -0.05) is 6.07 Å². The van der Waals surface area contributed by atoms with Crippen molar-refractivity contribution < 1.29 is 18.7 Å². The normalized spacial score (nSPS) is 11.8. The van der Waals surface area contributed by atoms with E-state index in [9.17, 15) is 13.6 Å². The summed E-state index contributed by atoms with van der Waals surface area (Å²) in [6, 6.07) is 3.75. The first-order chi connectivity index (χ1) is 7.54. The van der Waals surface area contributed by atoms with Gasteiger partial charge in [-0.15, -0.1) is 0 Å². The minimum Gasteiger partial charge on any atom is -0.480 e. The molecule has 1 rings (SSSR count). The molecule has 0 aliphatic heterocycles. The van der Waals surface area contributed by atoms with Gasteiger partial charge in [0.25, 0.3) is 0 Å². The van der Waals surface area contributed by atoms with Crippen molar-refractivity contribution in [1.29, 1.82) is 5.26 Å². The van der Waals surface area contributed by atoms with Crippen LogP contribution in [0, 0.1) is 23.0 Å². The van der Waals surface area contributed by atoms with E-state index in [1.54, 1.807) is 6.07 Å². The van der Waals surface area contributed by atoms with Gasteiger partial charge in [-0.05, 0) is 17.7 Å². The zero-order valence-corrected chi connectivity index (χ0v) is 8.08. The number of nitrogens with one attached hydrogen (secondary N) is 1. The molecule has 0 fully saturated rings. The van der Waals surface area contributed by atoms with E-state index in [2.05, 4.69) is 5.32 Å². The zero-order valence-electron chi connectivity index (χ0n) is 8.08. The Hall–Kier alpha value is -2.00. The van der Waals surface area contributed by atoms with Crippen LogP contribution < -0.4 is 5.32 Å². The smallest absolute Gasteiger partial charge is 0.317 e. The van der Waals surface area contributed by atoms with Gasteiger partial charge in [-0.2, -0.15) is 5.26 Å². The molecule has 0 aromatic heterocycles. The summed E-state index contributed by atoms with van der Waals surface area (Å²) < 4.78 is 25.5. The van der Waals surface area contributed by atoms with E-state index in [-0.39, 0.29) is 5.56 Å². The molecule has 1 aromatic carbocycles. The SMILES string of the molecule is N#CC(NCC(=O)O)c1ccc(F)c(F)c1. The largest absolute Gasteiger partial charge is 0.480 e. The Morgan fingerprint density at radius 3 is 2.69 bits per heavy atom. The number of carboxylic acid groups (broad SMARTS) is 1. The number of aliphatic carboxylic acids is 1. The Labute approximate surface area is 90.1 Å². The molecule has 1 atom stereocenters. The van der Waals surface area contributed by atoms with Crippen LogP contribution in [0.25, 0.3) is 0 Å². The molecule has 0 aliphatic carbocycles. The number of hydrogen-bond donors (Lipinski definition) is 2. The summed E-state index contributed by atoms with van der Waals surface area (Å²) in [6.45, 7) is -0.433. The van der Waals surface area contributed by atoms with Crippen molar-refractivity contribution in [2.24, 2.45) is 0 Å². The summed E-state index contributed by atoms with van der Waals surface area (Å²) in [6.07, 6.45) is 0. The van der Waals surface area contributed by atoms with Crippen LogP contribution in [0.2, 0.25) is 0 Å². The third-order valence-electron chi connectivity index (χ3n) is 1.86. The van der Waals surface area contributed by atoms with Gasteiger partial charge < -0.3 is 5.11 Å². The number of hydrogen-bond acceptors (Lipinski definition) is 3. The third-order valence-corrected chi connectivity index (χ3v) is 1.86. The summed E-state index contributed by atoms with van der Waals surface area (Å²) in [4.78, 5) is 10.3. The number of nitrogens with zero attached hydrogens (tertiary/aromatic N) is 1. The molecule has 0 radical (unpaired) electrons. The highest BCUT2D eigenvalue weighted by Gasteiger charge is 2.13. The molecular weight excluding hydrogens is 218 g/mol. The number of rotatable bonds is 4. The van der Waals surface area contributed by atoms with Gasteiger partial charge in [0.1, 0.15) is 6.04 Å². The molecule has 0 amide bonds. The summed E-state index contributed by atoms with van der Waals surface area (Å²) in [5.41, 5.74) is 0.183. The predicted molar refractivity (Wildman–Crippen MR) is 50.4 cm³/mol. The summed E-state index contributed by atoms with van der Waals surface area (Å²) in [7, 11) is 0. The van der Waals surface area contributed by atoms with Gasteiger partial charge in [0.05, 0.1) is 12.6 Å². The van der Waals surface area contributed by atoms with Gasteiger partial charge in [0.2, 0.25) is 0 Å². The van der Waals surface area contributed by atoms with Crippen molar-refractivity contribution in [3.63, 3.8) is 0 Å². The number of carboxylic acids is 1. The molecule has 6 heteroatoms. The number of benzene rings is 1. The molecule has 0 saturated heterocycles. The summed E-state index contributed by atoms with van der Waals surface area (Å²) in [5.74, 6) is -3.23. The standard InChI is InChI=1S/C10H8F2N2O2/c11-7-2-1-6(3-8(7)12)9(4-13)14-5-10(15)16/h1-3,9,14H,5H2,(H,15,16). The lowest BCUT2D eigenvalue weighted by Crippen LogP contribution is -2.26. The fourth-order valence-corrected chi connectivity index (χ4v) is 1.12. The van der Waals surface area contributed by atoms with Crippen molar-refractivity contribution in [2.75, 3.05) is 6.54 Å². The van der Waals surface area contributed by atoms with Gasteiger partial charge in [-0.3, -0.25) is 10.1 Å². The molecular formula is C10H8F2N2O2. The van der Waals surface area contributed by atoms with E-state index in [4.69, 9.17) is 10.4 Å². The van der Waals surface area contributed by atoms with Crippen LogP contribution >= 0.6 is 0 Å². The molecule has 1 aromatic rings. The third kappa shape index (κ3) is 3.00. The van der Waals surface area contributed by atoms with Gasteiger partial charge >= 0.3 is 5.97 Å². The molecule has 0 aliphatic rings. The van der Waals surface area contributed by atoms with Crippen molar-refractivity contribution in [3.05, 3.63) is 35.4 Å². The lowest BCUT2D eigenvalue weighted by Gasteiger charge is -2.09. The first kappa shape index (κ1) is 12.1. The highest BCUT2D eigenvalue weighted by atomic mass is 19.2. The fraction of sp³-hybridized carbons (Fsp3) is 0.200. The maximum atomic E-state index is 12.8. The van der Waals surface area contributed by atoms with E-state index in [1.165, 1.54) is 6.07 Å². The average molecular weight is 226 g/mol. The maximum Gasteiger partial charge on any atom is 0.317 e. The van der Waals surface area contributed by atoms with E-state index in [0.717, 1.165) is 12.1 Å². The van der Waals surface area contributed by atoms with E-state index < -0.39 is 30.2 Å². The lowest BCUT2D eigenvalue weighted by atomic mass is 10.1. The summed E-state index contributed by atoms with van der Waals surface area (Å²) in [5, 5.41) is 19.5. The first-order valence-corrected chi connectivity index (χ1v) is 4.34. The highest BCUT2D eigenvalue weighted by molar-refractivity contribution is 5.69. The van der Waals surface area contributed by atoms with Crippen molar-refractivity contribution in [1.82, 2.24) is 5.32 Å². The number of halogens is 2. The molecule has 16 heavy (non-hydrogen) atoms. The lowest BCUT2D eigenvalue weighted by molar-refractivity contribution is -0.136. The second-order valence-corrected chi connectivity index (χ2v) is 3.01. The van der Waals surface area contributed by atoms with Crippen LogP contribution in [0.4, 0.5) is 8.78 Å². The first-order valence-electron chi connectivity index (χ1n) is 4.34. The van der Waals surface area contributed by atoms with Crippen molar-refractivity contribution >= 4 is 5.97 Å². The monoisotopic (exact) mass is 226 g/mol. The Bertz CT molecular complexity index is 443. The molecule has 1 unspecified atom stereocenters. The Kier molecular flexibility index (Phi) is 3.91. The molecule has 0 saturated carbocycles. The predicted octanol–water partition coefficient (Wildman–Crippen LogP) is 1.20. The molecule has 4 nitrogen and oxygen atoms in total. The van der Waals surface area contributed by atoms with Gasteiger partial charge in [-0.25, -0.2) is 8.78 Å². The molecule has 2 N–H and O–H groups in total. The number of carbonyl (C=O) groups is 1. The van der Waals surface area contributed by atoms with Gasteiger partial charge in [0.15, 0.2) is 11.6 Å². The minimum atomic E-state index is -1.14. The van der Waals surface area contributed by atoms with Crippen LogP contribution in [0.5, 0.6) is 0 Å². The van der Waals surface area contributed by atoms with Crippen LogP contribution in [0.1, 0.15) is 11.6 Å². The Morgan fingerprint density at radius 2 is 2.19 bits per heavy atom. The molecule has 0 heterocycles. The van der Waals surface area contributed by atoms with Crippen LogP contribution in [-0.4, -0.2) is 17.6 Å². The topological polar surface area (TPSA) is 73.1 Å². The maximum absolute atomic E-state index is 12.8. The van der Waals surface area contributed by atoms with Gasteiger partial charge in [0, 0.05) is 0 Å². The van der Waals surface area contributed by atoms with E-state index in [0.29, 0.717) is 0 Å². The minimum absolute atomic E-state index is 0.183. The quantitative estimate of drug-likeness (QED) is 0.809. The average Bonchev–Trinajstić information content (AvgIpc) is 2.23. The molecule has 84 valence electrons. The second-order valence-electron chi connectivity index (χ2n) is 3.01. The number of nitriles is 1. The second kappa shape index (κ2) is 5.19. The fourth-order valence-electron chi connectivity index (χ4n) is 1.12. The Morgan fingerprint density at radius 1 is 1.50 bits per heavy atom. The van der Waals surface area contributed by atoms with E-state index in [1.807, 2.05) is 0 Å². The van der Waals surface area contributed by atoms with Crippen molar-refractivity contribution in [2.45, 2.75) is 6.04 Å². The highest BCUT2D eigenvalue weighted by Crippen LogP contribution is 2.15. The van der Waals surface area contributed by atoms with Crippen LogP contribution in [0.15, 0.2) is 18.2 Å². The van der Waals surface area contributed by atoms with Crippen LogP contribution in [0.3, 0.4) is 0 Å². The molecule has 0 bridgehead atoms. The summed E-state index contributed by atoms with van der Waals surface area (Å²) >= 11 is 0. The van der Waals surface area contributed by atoms with Crippen LogP contribution in [-0.2, 0) is 4.79 Å². The molecule has 0 spiro atoms. The van der Waals surface area contributed by atoms with E-state index >= 15 is 0 Å². The zero-order chi connectivity index (χ0) is 12.1. The Balaban J connectivity index is 2.84. The van der Waals surface area contributed by atoms with Crippen molar-refractivity contribution in [3.8, 4) is 6.07 Å².